The zero-order valence-electron chi connectivity index (χ0n) is 56.3. The van der Waals surface area contributed by atoms with Crippen LogP contribution in [0.15, 0.2) is 265 Å². The minimum absolute atomic E-state index is 0. The Morgan fingerprint density at radius 3 is 1.01 bits per heavy atom. The van der Waals surface area contributed by atoms with E-state index in [-0.39, 0.29) is 93.6 Å². The van der Waals surface area contributed by atoms with Crippen LogP contribution in [0.2, 0.25) is 0 Å². The van der Waals surface area contributed by atoms with Crippen molar-refractivity contribution in [2.24, 2.45) is 0 Å². The first-order chi connectivity index (χ1) is 50.3. The number of carbonyl (C=O) groups is 1. The Morgan fingerprint density at radius 1 is 0.417 bits per heavy atom. The molecule has 3 aliphatic heterocycles. The first-order valence-electron chi connectivity index (χ1n) is 29.8. The molecule has 3 N–H and O–H groups in total. The van der Waals surface area contributed by atoms with Crippen molar-refractivity contribution >= 4 is 85.9 Å². The number of aldehydes is 1. The number of carbonyl (C=O) groups excluding carboxylic acids is 1. The second kappa shape index (κ2) is 55.3. The van der Waals surface area contributed by atoms with Gasteiger partial charge >= 0.3 is 48.4 Å². The van der Waals surface area contributed by atoms with E-state index in [1.165, 1.54) is 0 Å². The number of para-hydroxylation sites is 5. The molecule has 0 amide bonds. The Labute approximate surface area is 714 Å². The van der Waals surface area contributed by atoms with Gasteiger partial charge in [-0.25, -0.2) is 0 Å². The molecule has 0 aliphatic carbocycles. The molecule has 14 nitrogen and oxygen atoms in total. The number of hydrogen-bond acceptors (Lipinski definition) is 14. The fourth-order valence-corrected chi connectivity index (χ4v) is 10.1. The number of halogens is 6. The van der Waals surface area contributed by atoms with Crippen LogP contribution in [0.3, 0.4) is 0 Å². The van der Waals surface area contributed by atoms with Crippen LogP contribution in [0.1, 0.15) is 84.9 Å². The van der Waals surface area contributed by atoms with Crippen molar-refractivity contribution < 1.29 is 131 Å². The summed E-state index contributed by atoms with van der Waals surface area (Å²) < 4.78 is 72.8. The number of phenols is 2. The summed E-state index contributed by atoms with van der Waals surface area (Å²) in [5.41, 5.74) is 4.62. The van der Waals surface area contributed by atoms with Crippen LogP contribution < -0.4 is 111 Å². The first-order valence-corrected chi connectivity index (χ1v) is 37.3. The van der Waals surface area contributed by atoms with E-state index in [0.29, 0.717) is 26.4 Å². The number of fused-ring (bicyclic) bond motifs is 3. The van der Waals surface area contributed by atoms with E-state index in [0.717, 1.165) is 70.2 Å². The van der Waals surface area contributed by atoms with Gasteiger partial charge in [0.05, 0.1) is 27.9 Å². The molecular formula is C86H62Br5ILiNaO14. The van der Waals surface area contributed by atoms with Crippen molar-refractivity contribution in [1.29, 1.82) is 0 Å². The Hall–Kier alpha value is -9.16. The predicted molar refractivity (Wildman–Crippen MR) is 419 cm³/mol. The molecule has 4 unspecified atom stereocenters. The Balaban J connectivity index is 0.000000618. The first kappa shape index (κ1) is 96.8. The topological polar surface area (TPSA) is 225 Å². The molecule has 0 radical (unpaired) electrons. The number of benzene rings is 10. The summed E-state index contributed by atoms with van der Waals surface area (Å²) in [6.45, 7) is 1.71. The van der Waals surface area contributed by atoms with Gasteiger partial charge in [-0.3, -0.25) is 18.5 Å². The van der Waals surface area contributed by atoms with Crippen LogP contribution >= 0.6 is 79.6 Å². The largest absolute Gasteiger partial charge is 1.00 e. The van der Waals surface area contributed by atoms with Crippen molar-refractivity contribution in [3.05, 3.63) is 304 Å². The third-order valence-corrected chi connectivity index (χ3v) is 15.6. The van der Waals surface area contributed by atoms with Gasteiger partial charge in [0.1, 0.15) is 37.7 Å². The molecule has 0 fully saturated rings. The molecule has 10 aromatic carbocycles. The summed E-state index contributed by atoms with van der Waals surface area (Å²) in [4.78, 5) is 10.2. The minimum atomic E-state index is -5.94. The van der Waals surface area contributed by atoms with E-state index in [1.54, 1.807) is 43.3 Å². The quantitative estimate of drug-likeness (QED) is 0.0507. The maximum Gasteiger partial charge on any atom is 1.00 e. The minimum Gasteiger partial charge on any atom is -0.506 e. The molecule has 0 spiro atoms. The molecule has 0 saturated carbocycles. The zero-order chi connectivity index (χ0) is 75.3. The van der Waals surface area contributed by atoms with E-state index in [4.69, 9.17) is 66.5 Å². The predicted octanol–water partition coefficient (Wildman–Crippen LogP) is 6.89. The van der Waals surface area contributed by atoms with Gasteiger partial charge in [-0.1, -0.05) is 178 Å². The number of hydrogen-bond donors (Lipinski definition) is 3. The number of aliphatic hydroxyl groups is 1. The molecule has 3 heterocycles. The van der Waals surface area contributed by atoms with Gasteiger partial charge in [0.25, 0.3) is 18.9 Å². The summed E-state index contributed by atoms with van der Waals surface area (Å²) >= 11 is 10.7. The van der Waals surface area contributed by atoms with E-state index >= 15 is 0 Å². The van der Waals surface area contributed by atoms with Crippen molar-refractivity contribution in [2.45, 2.75) is 46.8 Å². The number of rotatable bonds is 6. The Morgan fingerprint density at radius 2 is 0.713 bits per heavy atom. The molecule has 0 saturated heterocycles. The molecule has 22 heteroatoms. The van der Waals surface area contributed by atoms with Crippen molar-refractivity contribution in [3.63, 3.8) is 0 Å². The van der Waals surface area contributed by atoms with Crippen molar-refractivity contribution in [2.75, 3.05) is 0 Å². The Kier molecular flexibility index (Phi) is 49.6. The molecule has 534 valence electrons. The molecule has 0 bridgehead atoms. The van der Waals surface area contributed by atoms with Gasteiger partial charge in [0, 0.05) is 22.3 Å². The van der Waals surface area contributed by atoms with Gasteiger partial charge in [-0.15, -0.1) is 19.3 Å². The maximum atomic E-state index is 10.2. The second-order valence-corrected chi connectivity index (χ2v) is 25.9. The fraction of sp³-hybridized carbons (Fsp3) is 0.0814. The van der Waals surface area contributed by atoms with Crippen LogP contribution in [-0.4, -0.2) is 21.6 Å². The fourth-order valence-electron chi connectivity index (χ4n) is 7.99. The smallest absolute Gasteiger partial charge is 0.506 e. The summed E-state index contributed by atoms with van der Waals surface area (Å²) in [6, 6.07) is 78.9. The van der Waals surface area contributed by atoms with Gasteiger partial charge in [-0.05, 0) is 230 Å². The monoisotopic (exact) mass is 1870 g/mol. The van der Waals surface area contributed by atoms with E-state index in [9.17, 15) is 15.0 Å². The number of phenolic OH excluding ortho intramolecular Hbond substituents is 2. The van der Waals surface area contributed by atoms with Gasteiger partial charge in [0.15, 0.2) is 40.8 Å². The molecule has 0 aromatic heterocycles. The number of aliphatic hydroxyl groups excluding tert-OH is 1. The molecule has 108 heavy (non-hydrogen) atoms. The third kappa shape index (κ3) is 35.7. The number of terminal acetylenes is 3. The van der Waals surface area contributed by atoms with E-state index < -0.39 is 26.2 Å². The summed E-state index contributed by atoms with van der Waals surface area (Å²) in [6.07, 6.45) is 13.2. The standard InChI is InChI=1S/3C13H9BrO2.C13H11BrO2.C10H2.C9H4.C7H5BrO2.C6H5.2CH4.IO4.Li.Na/c3*14-10-7-4-8-11-12(10)16-13(15-11)9-5-2-1-3-6-9;14-11-8-4-7-10(13(11)16)12(15)9-5-2-1-3-6-9;1-3-5-7-9-10-8-6-4-2;1-3-5-7-9-8-6-4-2;8-6-3-1-2-5(4-9)7(6)10;1-2-4-6-5-3-1;;;2-1(3,4)5;;/h3*1-8,13H;1-8,12,15-16H;1-2H;1H,2H3;1-4,10H;1-5H;2*1H4;;;/q;;;;;;;-1;;;-1;2*+1. The van der Waals surface area contributed by atoms with Gasteiger partial charge < -0.3 is 43.7 Å². The average molecular weight is 1880 g/mol. The summed E-state index contributed by atoms with van der Waals surface area (Å²) in [5.74, 6) is 40.1. The van der Waals surface area contributed by atoms with Crippen molar-refractivity contribution in [3.8, 4) is 154 Å². The maximum absolute atomic E-state index is 10.2. The summed E-state index contributed by atoms with van der Waals surface area (Å²) in [7, 11) is 0. The van der Waals surface area contributed by atoms with Gasteiger partial charge in [0.2, 0.25) is 0 Å². The van der Waals surface area contributed by atoms with Crippen molar-refractivity contribution in [1.82, 2.24) is 0 Å². The SMILES string of the molecule is Brc1cccc2c1OC(c1ccccc1)O2.Brc1cccc2c1OC(c1ccccc1)O2.Brc1cccc2c1OC(c1ccccc1)O2.C.C.C#CC#CC#CC#CC.C#CC#CC#CC#CC#C.O=Cc1cccc(Br)c1O.Oc1c(Br)cccc1C(O)c1ccccc1.[Li+].[Na+].[O-][I+3]([O-])([O-])[O-].[c-]1ccccc1. The number of ether oxygens (including phenoxy) is 6. The number of aromatic hydroxyl groups is 2. The van der Waals surface area contributed by atoms with Crippen LogP contribution in [-0.2, 0) is 0 Å². The van der Waals surface area contributed by atoms with Crippen LogP contribution in [0.25, 0.3) is 0 Å². The van der Waals surface area contributed by atoms with E-state index in [1.807, 2.05) is 206 Å². The molecule has 3 aliphatic rings. The Bertz CT molecular complexity index is 4660. The van der Waals surface area contributed by atoms with Crippen LogP contribution in [0, 0.1) is 114 Å². The molecule has 4 atom stereocenters. The average Bonchev–Trinajstić information content (AvgIpc) is 1.66. The normalized spacial score (nSPS) is 12.1. The van der Waals surface area contributed by atoms with Crippen LogP contribution in [0.4, 0.5) is 0 Å². The van der Waals surface area contributed by atoms with E-state index in [2.05, 4.69) is 175 Å². The van der Waals surface area contributed by atoms with Crippen LogP contribution in [0.5, 0.6) is 46.0 Å². The molecular weight excluding hydrogens is 1810 g/mol. The van der Waals surface area contributed by atoms with Gasteiger partial charge in [-0.2, -0.15) is 36.4 Å². The zero-order valence-corrected chi connectivity index (χ0v) is 68.4. The second-order valence-electron chi connectivity index (χ2n) is 19.4. The third-order valence-electron chi connectivity index (χ3n) is 12.5. The molecule has 13 rings (SSSR count). The molecule has 10 aromatic rings. The summed E-state index contributed by atoms with van der Waals surface area (Å²) in [5, 5.41) is 29.1.